The lowest BCUT2D eigenvalue weighted by Gasteiger charge is -2.42. The van der Waals surface area contributed by atoms with E-state index in [2.05, 4.69) is 95.0 Å². The Morgan fingerprint density at radius 3 is 1.96 bits per heavy atom. The van der Waals surface area contributed by atoms with Gasteiger partial charge in [-0.2, -0.15) is 0 Å². The molecule has 0 bridgehead atoms. The maximum Gasteiger partial charge on any atom is 0.266 e. The van der Waals surface area contributed by atoms with E-state index >= 15 is 0 Å². The van der Waals surface area contributed by atoms with Crippen LogP contribution in [0.4, 0.5) is 33.4 Å². The summed E-state index contributed by atoms with van der Waals surface area (Å²) >= 11 is 2.84. The third kappa shape index (κ3) is 4.37. The molecule has 2 aliphatic rings. The van der Waals surface area contributed by atoms with E-state index in [4.69, 9.17) is 8.22 Å². The van der Waals surface area contributed by atoms with Gasteiger partial charge in [0.2, 0.25) is 0 Å². The Labute approximate surface area is 305 Å². The molecule has 0 saturated heterocycles. The highest BCUT2D eigenvalue weighted by atomic mass is 32.1. The zero-order valence-electron chi connectivity index (χ0n) is 37.0. The maximum atomic E-state index is 9.35. The van der Waals surface area contributed by atoms with Crippen LogP contribution in [0.25, 0.3) is 20.2 Å². The molecule has 5 aromatic carbocycles. The van der Waals surface area contributed by atoms with Crippen molar-refractivity contribution in [2.24, 2.45) is 0 Å². The first kappa shape index (κ1) is 21.6. The smallest absolute Gasteiger partial charge is 0.266 e. The number of para-hydroxylation sites is 1. The second-order valence-corrected chi connectivity index (χ2v) is 17.0. The molecule has 9 rings (SSSR count). The number of thiophene rings is 2. The van der Waals surface area contributed by atoms with Gasteiger partial charge in [0, 0.05) is 42.3 Å². The Hall–Kier alpha value is -4.32. The van der Waals surface area contributed by atoms with Crippen LogP contribution in [0, 0.1) is 6.92 Å². The maximum absolute atomic E-state index is 9.35. The number of hydrogen-bond acceptors (Lipinski definition) is 4. The van der Waals surface area contributed by atoms with Crippen LogP contribution in [0.2, 0.25) is 0 Å². The van der Waals surface area contributed by atoms with Crippen LogP contribution in [0.5, 0.6) is 0 Å². The molecule has 7 aromatic rings. The highest BCUT2D eigenvalue weighted by molar-refractivity contribution is 7.35. The van der Waals surface area contributed by atoms with Gasteiger partial charge in [-0.1, -0.05) is 96.0 Å². The number of hydrogen-bond donors (Lipinski definition) is 0. The molecule has 0 saturated carbocycles. The quantitative estimate of drug-likeness (QED) is 0.169. The Morgan fingerprint density at radius 2 is 1.25 bits per heavy atom. The summed E-state index contributed by atoms with van der Waals surface area (Å²) in [6.07, 6.45) is 0. The lowest BCUT2D eigenvalue weighted by atomic mass is 9.36. The molecule has 0 amide bonds. The van der Waals surface area contributed by atoms with Crippen LogP contribution in [-0.2, 0) is 10.8 Å². The van der Waals surface area contributed by atoms with Crippen molar-refractivity contribution in [2.45, 2.75) is 59.3 Å². The van der Waals surface area contributed by atoms with Crippen LogP contribution in [0.3, 0.4) is 0 Å². The van der Waals surface area contributed by atoms with Gasteiger partial charge >= 0.3 is 0 Å². The summed E-state index contributed by atoms with van der Waals surface area (Å²) in [5.41, 5.74) is 7.93. The summed E-state index contributed by atoms with van der Waals surface area (Å²) in [5.74, 6) is 0. The summed E-state index contributed by atoms with van der Waals surface area (Å²) in [7, 11) is 0. The predicted molar refractivity (Wildman–Crippen MR) is 213 cm³/mol. The number of anilines is 6. The number of aryl methyl sites for hydroxylation is 1. The van der Waals surface area contributed by atoms with Crippen molar-refractivity contribution in [1.29, 1.82) is 0 Å². The fourth-order valence-electron chi connectivity index (χ4n) is 7.27. The molecule has 0 radical (unpaired) electrons. The van der Waals surface area contributed by atoms with E-state index in [1.807, 2.05) is 13.0 Å². The van der Waals surface area contributed by atoms with Crippen molar-refractivity contribution in [1.82, 2.24) is 0 Å². The summed E-state index contributed by atoms with van der Waals surface area (Å²) in [4.78, 5) is 4.02. The van der Waals surface area contributed by atoms with Crippen molar-refractivity contribution < 1.29 is 12.3 Å². The van der Waals surface area contributed by atoms with Gasteiger partial charge < -0.3 is 9.80 Å². The average Bonchev–Trinajstić information content (AvgIpc) is 3.74. The monoisotopic (exact) mass is 667 g/mol. The summed E-state index contributed by atoms with van der Waals surface area (Å²) in [6.45, 7) is 14.7. The van der Waals surface area contributed by atoms with Crippen LogP contribution in [0.15, 0.2) is 109 Å². The highest BCUT2D eigenvalue weighted by Crippen LogP contribution is 2.50. The first-order valence-electron chi connectivity index (χ1n) is 20.7. The molecular formula is C43H39BN2S2. The van der Waals surface area contributed by atoms with E-state index < -0.39 is 24.8 Å². The molecule has 0 aliphatic carbocycles. The zero-order chi connectivity index (χ0) is 40.9. The predicted octanol–water partition coefficient (Wildman–Crippen LogP) is 11.1. The van der Waals surface area contributed by atoms with Gasteiger partial charge in [-0.15, -0.1) is 22.7 Å². The number of rotatable bonds is 2. The van der Waals surface area contributed by atoms with Crippen molar-refractivity contribution >= 4 is 98.7 Å². The molecule has 0 atom stereocenters. The second-order valence-electron chi connectivity index (χ2n) is 14.9. The first-order chi connectivity index (χ1) is 26.7. The molecule has 2 aliphatic heterocycles. The van der Waals surface area contributed by atoms with E-state index in [1.165, 1.54) is 22.5 Å². The molecule has 0 fully saturated rings. The SMILES string of the molecule is [2H]c1c([2H])c([2H])c(N2c3cc(C)cc4c3B(c3sc5ccc(C(C)(C)C)cc5c3N4c3ccc(C(C)(C)C)cc3)c3c2sc2c([2H])c([2H])c([2H])c([2H])c32)c([2H])c1[2H]. The molecule has 5 heteroatoms. The third-order valence-corrected chi connectivity index (χ3v) is 12.0. The van der Waals surface area contributed by atoms with Crippen molar-refractivity contribution in [2.75, 3.05) is 9.80 Å². The zero-order valence-corrected chi connectivity index (χ0v) is 29.6. The summed E-state index contributed by atoms with van der Waals surface area (Å²) < 4.78 is 82.6. The number of nitrogens with zero attached hydrogens (tertiary/aromatic N) is 2. The Balaban J connectivity index is 1.49. The van der Waals surface area contributed by atoms with Crippen LogP contribution in [0.1, 0.15) is 70.6 Å². The van der Waals surface area contributed by atoms with Gasteiger partial charge in [0.1, 0.15) is 0 Å². The molecule has 236 valence electrons. The lowest BCUT2D eigenvalue weighted by Crippen LogP contribution is -2.60. The molecule has 0 spiro atoms. The van der Waals surface area contributed by atoms with E-state index in [9.17, 15) is 4.11 Å². The second kappa shape index (κ2) is 10.3. The molecule has 0 N–H and O–H groups in total. The Bertz CT molecular complexity index is 2880. The largest absolute Gasteiger partial charge is 0.310 e. The fraction of sp³-hybridized carbons (Fsp3) is 0.209. The fourth-order valence-corrected chi connectivity index (χ4v) is 9.73. The minimum absolute atomic E-state index is 0.0339. The van der Waals surface area contributed by atoms with Crippen molar-refractivity contribution in [3.63, 3.8) is 0 Å². The molecule has 48 heavy (non-hydrogen) atoms. The van der Waals surface area contributed by atoms with Gasteiger partial charge in [0.25, 0.3) is 6.71 Å². The molecule has 2 aromatic heterocycles. The summed E-state index contributed by atoms with van der Waals surface area (Å²) in [5, 5.41) is 1.96. The standard InChI is InChI=1S/C43H39BN2S2/c1-26-23-33-38-34(24-26)46(29-13-9-8-10-14-29)41-37(31-15-11-12-16-35(31)48-41)44(38)40-39(32-25-28(43(5,6)7)19-22-36(32)47-40)45(33)30-20-17-27(18-21-30)42(2,3)4/h8-25H,1-7H3/i8D,9D,10D,11D,12D,13D,14D,15D,16D. The van der Waals surface area contributed by atoms with Gasteiger partial charge in [-0.3, -0.25) is 0 Å². The summed E-state index contributed by atoms with van der Waals surface area (Å²) in [6, 6.07) is 16.2. The van der Waals surface area contributed by atoms with Gasteiger partial charge in [0.15, 0.2) is 0 Å². The molecule has 0 unspecified atom stereocenters. The van der Waals surface area contributed by atoms with E-state index in [-0.39, 0.29) is 52.8 Å². The van der Waals surface area contributed by atoms with Crippen LogP contribution in [-0.4, -0.2) is 6.71 Å². The van der Waals surface area contributed by atoms with Gasteiger partial charge in [-0.25, -0.2) is 0 Å². The third-order valence-electron chi connectivity index (χ3n) is 9.64. The normalized spacial score (nSPS) is 16.6. The minimum Gasteiger partial charge on any atom is -0.310 e. The van der Waals surface area contributed by atoms with Gasteiger partial charge in [0.05, 0.1) is 23.0 Å². The van der Waals surface area contributed by atoms with E-state index in [1.54, 1.807) is 16.2 Å². The van der Waals surface area contributed by atoms with Gasteiger partial charge in [-0.05, 0) is 105 Å². The topological polar surface area (TPSA) is 6.48 Å². The Kier molecular flexibility index (Phi) is 4.66. The highest BCUT2D eigenvalue weighted by Gasteiger charge is 2.47. The molecule has 4 heterocycles. The average molecular weight is 668 g/mol. The lowest BCUT2D eigenvalue weighted by molar-refractivity contribution is 0.590. The molecule has 2 nitrogen and oxygen atoms in total. The minimum atomic E-state index is -0.504. The Morgan fingerprint density at radius 1 is 0.604 bits per heavy atom. The van der Waals surface area contributed by atoms with Crippen molar-refractivity contribution in [3.8, 4) is 0 Å². The number of fused-ring (bicyclic) bond motifs is 8. The van der Waals surface area contributed by atoms with Crippen molar-refractivity contribution in [3.05, 3.63) is 126 Å². The van der Waals surface area contributed by atoms with E-state index in [0.717, 1.165) is 43.0 Å². The first-order valence-corrected chi connectivity index (χ1v) is 17.9. The number of benzene rings is 5. The van der Waals surface area contributed by atoms with E-state index in [0.29, 0.717) is 26.2 Å². The molecular weight excluding hydrogens is 619 g/mol. The van der Waals surface area contributed by atoms with Crippen LogP contribution >= 0.6 is 22.7 Å². The van der Waals surface area contributed by atoms with Crippen LogP contribution < -0.4 is 25.5 Å².